The number of fused-ring (bicyclic) bond motifs is 3. The van der Waals surface area contributed by atoms with Crippen LogP contribution in [0.1, 0.15) is 51.2 Å². The lowest BCUT2D eigenvalue weighted by Gasteiger charge is -2.60. The molecule has 7 atom stereocenters. The van der Waals surface area contributed by atoms with Gasteiger partial charge in [-0.2, -0.15) is 0 Å². The van der Waals surface area contributed by atoms with Gasteiger partial charge in [0.1, 0.15) is 12.2 Å². The highest BCUT2D eigenvalue weighted by Gasteiger charge is 2.67. The topological polar surface area (TPSA) is 103 Å². The van der Waals surface area contributed by atoms with Gasteiger partial charge < -0.3 is 19.0 Å². The Hall–Kier alpha value is -2.15. The van der Waals surface area contributed by atoms with Crippen LogP contribution in [0, 0.1) is 28.6 Å². The quantitative estimate of drug-likeness (QED) is 0.774. The Morgan fingerprint density at radius 2 is 2.04 bits per heavy atom. The molecule has 0 bridgehead atoms. The highest BCUT2D eigenvalue weighted by molar-refractivity contribution is 5.91. The molecule has 1 saturated heterocycles. The summed E-state index contributed by atoms with van der Waals surface area (Å²) in [5, 5.41) is 10.5. The minimum atomic E-state index is -1.23. The van der Waals surface area contributed by atoms with E-state index in [-0.39, 0.29) is 18.2 Å². The number of esters is 2. The molecule has 7 nitrogen and oxygen atoms in total. The Labute approximate surface area is 163 Å². The summed E-state index contributed by atoms with van der Waals surface area (Å²) in [7, 11) is 1.32. The van der Waals surface area contributed by atoms with Crippen molar-refractivity contribution >= 4 is 17.7 Å². The second-order valence-electron chi connectivity index (χ2n) is 8.95. The average Bonchev–Trinajstić information content (AvgIpc) is 3.18. The van der Waals surface area contributed by atoms with Crippen LogP contribution in [-0.4, -0.2) is 36.0 Å². The van der Waals surface area contributed by atoms with E-state index in [9.17, 15) is 19.5 Å². The zero-order chi connectivity index (χ0) is 20.3. The van der Waals surface area contributed by atoms with Crippen molar-refractivity contribution in [1.82, 2.24) is 0 Å². The van der Waals surface area contributed by atoms with Gasteiger partial charge in [0.2, 0.25) is 0 Å². The summed E-state index contributed by atoms with van der Waals surface area (Å²) >= 11 is 0. The number of aliphatic hydroxyl groups is 1. The fourth-order valence-electron chi connectivity index (χ4n) is 6.17. The van der Waals surface area contributed by atoms with Crippen LogP contribution in [0.2, 0.25) is 0 Å². The van der Waals surface area contributed by atoms with Gasteiger partial charge in [-0.15, -0.1) is 0 Å². The molecule has 1 aromatic rings. The summed E-state index contributed by atoms with van der Waals surface area (Å²) in [6.45, 7) is 3.86. The van der Waals surface area contributed by atoms with Crippen LogP contribution in [0.3, 0.4) is 0 Å². The summed E-state index contributed by atoms with van der Waals surface area (Å²) in [5.41, 5.74) is -0.656. The van der Waals surface area contributed by atoms with E-state index in [2.05, 4.69) is 0 Å². The molecular formula is C21H26O7. The number of cyclic esters (lactones) is 1. The van der Waals surface area contributed by atoms with Gasteiger partial charge in [0.15, 0.2) is 5.78 Å². The van der Waals surface area contributed by atoms with Crippen molar-refractivity contribution in [3.05, 3.63) is 24.2 Å². The van der Waals surface area contributed by atoms with Crippen LogP contribution in [0.5, 0.6) is 0 Å². The maximum absolute atomic E-state index is 13.2. The van der Waals surface area contributed by atoms with E-state index in [1.165, 1.54) is 13.4 Å². The van der Waals surface area contributed by atoms with E-state index in [1.54, 1.807) is 12.3 Å². The van der Waals surface area contributed by atoms with Crippen molar-refractivity contribution in [2.24, 2.45) is 28.6 Å². The Morgan fingerprint density at radius 1 is 1.29 bits per heavy atom. The summed E-state index contributed by atoms with van der Waals surface area (Å²) in [6.07, 6.45) is 2.88. The number of Topliss-reactive ketones (excluding diaryl/α,β-unsaturated/α-hetero) is 1. The van der Waals surface area contributed by atoms with Crippen LogP contribution in [0.15, 0.2) is 23.0 Å². The molecule has 0 aromatic carbocycles. The van der Waals surface area contributed by atoms with Crippen molar-refractivity contribution in [1.29, 1.82) is 0 Å². The number of carbonyl (C=O) groups is 3. The summed E-state index contributed by atoms with van der Waals surface area (Å²) < 4.78 is 15.8. The van der Waals surface area contributed by atoms with E-state index in [0.717, 1.165) is 5.56 Å². The zero-order valence-corrected chi connectivity index (χ0v) is 16.3. The van der Waals surface area contributed by atoms with Gasteiger partial charge in [0.05, 0.1) is 31.5 Å². The fraction of sp³-hybridized carbons (Fsp3) is 0.667. The Morgan fingerprint density at radius 3 is 2.68 bits per heavy atom. The van der Waals surface area contributed by atoms with Gasteiger partial charge >= 0.3 is 11.9 Å². The van der Waals surface area contributed by atoms with Gasteiger partial charge in [0.25, 0.3) is 0 Å². The highest BCUT2D eigenvalue weighted by Crippen LogP contribution is 2.64. The van der Waals surface area contributed by atoms with Gasteiger partial charge in [-0.3, -0.25) is 14.4 Å². The van der Waals surface area contributed by atoms with Crippen LogP contribution in [0.25, 0.3) is 0 Å². The van der Waals surface area contributed by atoms with Gasteiger partial charge in [-0.05, 0) is 42.6 Å². The normalized spacial score (nSPS) is 42.9. The predicted octanol–water partition coefficient (Wildman–Crippen LogP) is 2.43. The lowest BCUT2D eigenvalue weighted by Crippen LogP contribution is -2.64. The predicted molar refractivity (Wildman–Crippen MR) is 95.7 cm³/mol. The van der Waals surface area contributed by atoms with Crippen molar-refractivity contribution < 1.29 is 33.4 Å². The number of ketones is 1. The number of hydrogen-bond acceptors (Lipinski definition) is 7. The first-order valence-electron chi connectivity index (χ1n) is 9.74. The van der Waals surface area contributed by atoms with Gasteiger partial charge in [-0.25, -0.2) is 0 Å². The highest BCUT2D eigenvalue weighted by atomic mass is 16.5. The lowest BCUT2D eigenvalue weighted by molar-refractivity contribution is -0.207. The van der Waals surface area contributed by atoms with E-state index in [1.807, 2.05) is 13.8 Å². The van der Waals surface area contributed by atoms with Crippen molar-refractivity contribution in [2.45, 2.75) is 51.7 Å². The third-order valence-electron chi connectivity index (χ3n) is 7.52. The molecule has 7 heteroatoms. The molecule has 2 heterocycles. The molecule has 0 amide bonds. The number of methoxy groups -OCH3 is 1. The first kappa shape index (κ1) is 19.2. The van der Waals surface area contributed by atoms with Gasteiger partial charge in [-0.1, -0.05) is 13.8 Å². The number of ether oxygens (including phenoxy) is 2. The van der Waals surface area contributed by atoms with E-state index < -0.39 is 46.8 Å². The number of rotatable bonds is 2. The molecule has 3 aliphatic rings. The molecule has 1 N–H and O–H groups in total. The molecule has 2 unspecified atom stereocenters. The SMILES string of the molecule is COC(=O)[C@@H]1CC(O)C(=O)[C@H]2[C@@]1(C)CCC1C(=O)O[C@@H](c3ccoc3)C[C@@]12C. The van der Waals surface area contributed by atoms with Crippen LogP contribution >= 0.6 is 0 Å². The molecule has 1 aliphatic heterocycles. The molecule has 4 rings (SSSR count). The Bertz CT molecular complexity index is 800. The van der Waals surface area contributed by atoms with Crippen LogP contribution in [-0.2, 0) is 23.9 Å². The number of furan rings is 1. The van der Waals surface area contributed by atoms with Crippen molar-refractivity contribution in [3.8, 4) is 0 Å². The molecule has 0 spiro atoms. The molecular weight excluding hydrogens is 364 g/mol. The second kappa shape index (κ2) is 6.44. The number of aliphatic hydroxyl groups excluding tert-OH is 1. The van der Waals surface area contributed by atoms with E-state index in [4.69, 9.17) is 13.9 Å². The summed E-state index contributed by atoms with van der Waals surface area (Å²) in [5.74, 6) is -2.68. The number of hydrogen-bond donors (Lipinski definition) is 1. The molecule has 3 fully saturated rings. The standard InChI is InChI=1S/C21H26O7/c1-20-6-4-12-19(25)28-15(11-5-7-27-10-11)9-21(12,2)17(20)16(23)14(22)8-13(20)18(24)26-3/h5,7,10,12-15,17,22H,4,6,8-9H2,1-3H3/t12?,13-,14?,15+,17-,20-,21-/m0/s1. The van der Waals surface area contributed by atoms with Crippen molar-refractivity contribution in [2.75, 3.05) is 7.11 Å². The smallest absolute Gasteiger partial charge is 0.310 e. The first-order chi connectivity index (χ1) is 13.2. The third kappa shape index (κ3) is 2.55. The second-order valence-corrected chi connectivity index (χ2v) is 8.95. The first-order valence-corrected chi connectivity index (χ1v) is 9.74. The van der Waals surface area contributed by atoms with Crippen molar-refractivity contribution in [3.63, 3.8) is 0 Å². The minimum Gasteiger partial charge on any atom is -0.472 e. The van der Waals surface area contributed by atoms with E-state index in [0.29, 0.717) is 19.3 Å². The maximum Gasteiger partial charge on any atom is 0.310 e. The third-order valence-corrected chi connectivity index (χ3v) is 7.52. The molecule has 2 aliphatic carbocycles. The fourth-order valence-corrected chi connectivity index (χ4v) is 6.17. The summed E-state index contributed by atoms with van der Waals surface area (Å²) in [6, 6.07) is 1.75. The average molecular weight is 390 g/mol. The summed E-state index contributed by atoms with van der Waals surface area (Å²) in [4.78, 5) is 38.6. The monoisotopic (exact) mass is 390 g/mol. The molecule has 28 heavy (non-hydrogen) atoms. The Kier molecular flexibility index (Phi) is 4.41. The zero-order valence-electron chi connectivity index (χ0n) is 16.3. The van der Waals surface area contributed by atoms with Gasteiger partial charge in [0, 0.05) is 11.5 Å². The maximum atomic E-state index is 13.2. The van der Waals surface area contributed by atoms with E-state index >= 15 is 0 Å². The number of carbonyl (C=O) groups excluding carboxylic acids is 3. The van der Waals surface area contributed by atoms with Crippen LogP contribution < -0.4 is 0 Å². The largest absolute Gasteiger partial charge is 0.472 e. The molecule has 0 radical (unpaired) electrons. The van der Waals surface area contributed by atoms with Crippen LogP contribution in [0.4, 0.5) is 0 Å². The molecule has 152 valence electrons. The molecule has 2 saturated carbocycles. The minimum absolute atomic E-state index is 0.0643. The Balaban J connectivity index is 1.79. The molecule has 1 aromatic heterocycles. The lowest BCUT2D eigenvalue weighted by atomic mass is 9.43.